The molecule has 1 aliphatic heterocycles. The van der Waals surface area contributed by atoms with Crippen LogP contribution in [0.25, 0.3) is 10.8 Å². The van der Waals surface area contributed by atoms with E-state index in [1.54, 1.807) is 0 Å². The Morgan fingerprint density at radius 1 is 1.26 bits per heavy atom. The SMILES string of the molecule is O=C([C@@H]1CCCNC1)N(Cc1cccc2ccncc12)C1CC1. The molecule has 0 bridgehead atoms. The van der Waals surface area contributed by atoms with Crippen LogP contribution in [0, 0.1) is 5.92 Å². The molecule has 0 unspecified atom stereocenters. The van der Waals surface area contributed by atoms with Crippen LogP contribution in [-0.2, 0) is 11.3 Å². The summed E-state index contributed by atoms with van der Waals surface area (Å²) in [6.07, 6.45) is 8.16. The highest BCUT2D eigenvalue weighted by Gasteiger charge is 2.36. The molecule has 1 aromatic carbocycles. The average molecular weight is 309 g/mol. The Balaban J connectivity index is 1.59. The maximum atomic E-state index is 13.0. The lowest BCUT2D eigenvalue weighted by Gasteiger charge is -2.30. The van der Waals surface area contributed by atoms with E-state index in [4.69, 9.17) is 0 Å². The largest absolute Gasteiger partial charge is 0.335 e. The minimum absolute atomic E-state index is 0.150. The first-order valence-electron chi connectivity index (χ1n) is 8.66. The van der Waals surface area contributed by atoms with E-state index in [2.05, 4.69) is 33.4 Å². The van der Waals surface area contributed by atoms with Gasteiger partial charge in [0.1, 0.15) is 0 Å². The second-order valence-corrected chi connectivity index (χ2v) is 6.75. The number of piperidine rings is 1. The fraction of sp³-hybridized carbons (Fsp3) is 0.474. The Morgan fingerprint density at radius 3 is 2.96 bits per heavy atom. The zero-order valence-corrected chi connectivity index (χ0v) is 13.4. The molecule has 4 heteroatoms. The Labute approximate surface area is 136 Å². The standard InChI is InChI=1S/C19H23N3O/c23-19(15-5-2-9-20-11-15)22(17-6-7-17)13-16-4-1-3-14-8-10-21-12-18(14)16/h1,3-4,8,10,12,15,17,20H,2,5-7,9,11,13H2/t15-/m1/s1. The normalized spacial score (nSPS) is 21.3. The number of nitrogens with zero attached hydrogens (tertiary/aromatic N) is 2. The van der Waals surface area contributed by atoms with Crippen LogP contribution >= 0.6 is 0 Å². The molecule has 2 aliphatic rings. The number of rotatable bonds is 4. The summed E-state index contributed by atoms with van der Waals surface area (Å²) >= 11 is 0. The molecule has 1 aliphatic carbocycles. The second kappa shape index (κ2) is 6.28. The number of carbonyl (C=O) groups excluding carboxylic acids is 1. The van der Waals surface area contributed by atoms with Crippen LogP contribution in [-0.4, -0.2) is 34.9 Å². The van der Waals surface area contributed by atoms with E-state index in [1.807, 2.05) is 18.5 Å². The van der Waals surface area contributed by atoms with Crippen molar-refractivity contribution in [2.75, 3.05) is 13.1 Å². The van der Waals surface area contributed by atoms with Crippen molar-refractivity contribution in [2.45, 2.75) is 38.3 Å². The van der Waals surface area contributed by atoms with Crippen molar-refractivity contribution in [3.05, 3.63) is 42.2 Å². The smallest absolute Gasteiger partial charge is 0.227 e. The van der Waals surface area contributed by atoms with Crippen LogP contribution in [0.2, 0.25) is 0 Å². The summed E-state index contributed by atoms with van der Waals surface area (Å²) in [5.41, 5.74) is 1.21. The summed E-state index contributed by atoms with van der Waals surface area (Å²) in [6, 6.07) is 8.79. The molecule has 1 atom stereocenters. The fourth-order valence-electron chi connectivity index (χ4n) is 3.57. The predicted molar refractivity (Wildman–Crippen MR) is 90.9 cm³/mol. The highest BCUT2D eigenvalue weighted by molar-refractivity contribution is 5.86. The number of amides is 1. The summed E-state index contributed by atoms with van der Waals surface area (Å²) in [4.78, 5) is 19.4. The maximum Gasteiger partial charge on any atom is 0.227 e. The summed E-state index contributed by atoms with van der Waals surface area (Å²) in [7, 11) is 0. The molecule has 0 spiro atoms. The minimum Gasteiger partial charge on any atom is -0.335 e. The maximum absolute atomic E-state index is 13.0. The van der Waals surface area contributed by atoms with E-state index in [-0.39, 0.29) is 5.92 Å². The molecule has 4 nitrogen and oxygen atoms in total. The third-order valence-corrected chi connectivity index (χ3v) is 5.03. The number of nitrogens with one attached hydrogen (secondary N) is 1. The molecule has 1 N–H and O–H groups in total. The van der Waals surface area contributed by atoms with Crippen LogP contribution in [0.1, 0.15) is 31.2 Å². The molecule has 0 radical (unpaired) electrons. The number of hydrogen-bond acceptors (Lipinski definition) is 3. The molecular formula is C19H23N3O. The van der Waals surface area contributed by atoms with Crippen LogP contribution in [0.15, 0.2) is 36.7 Å². The van der Waals surface area contributed by atoms with Crippen LogP contribution < -0.4 is 5.32 Å². The van der Waals surface area contributed by atoms with Gasteiger partial charge < -0.3 is 10.2 Å². The lowest BCUT2D eigenvalue weighted by Crippen LogP contribution is -2.43. The summed E-state index contributed by atoms with van der Waals surface area (Å²) < 4.78 is 0. The molecule has 2 fully saturated rings. The Kier molecular flexibility index (Phi) is 4.00. The fourth-order valence-corrected chi connectivity index (χ4v) is 3.57. The van der Waals surface area contributed by atoms with Gasteiger partial charge in [-0.15, -0.1) is 0 Å². The van der Waals surface area contributed by atoms with Gasteiger partial charge in [0.05, 0.1) is 5.92 Å². The van der Waals surface area contributed by atoms with Gasteiger partial charge in [-0.25, -0.2) is 0 Å². The number of carbonyl (C=O) groups is 1. The van der Waals surface area contributed by atoms with Gasteiger partial charge >= 0.3 is 0 Å². The Morgan fingerprint density at radius 2 is 2.17 bits per heavy atom. The first-order chi connectivity index (χ1) is 11.3. The van der Waals surface area contributed by atoms with Crippen LogP contribution in [0.3, 0.4) is 0 Å². The van der Waals surface area contributed by atoms with Crippen molar-refractivity contribution in [1.29, 1.82) is 0 Å². The molecule has 23 heavy (non-hydrogen) atoms. The molecule has 120 valence electrons. The van der Waals surface area contributed by atoms with Gasteiger partial charge in [0, 0.05) is 36.9 Å². The minimum atomic E-state index is 0.150. The molecule has 1 saturated heterocycles. The van der Waals surface area contributed by atoms with Crippen LogP contribution in [0.5, 0.6) is 0 Å². The van der Waals surface area contributed by atoms with Crippen molar-refractivity contribution in [1.82, 2.24) is 15.2 Å². The first-order valence-corrected chi connectivity index (χ1v) is 8.66. The summed E-state index contributed by atoms with van der Waals surface area (Å²) in [6.45, 7) is 2.59. The molecular weight excluding hydrogens is 286 g/mol. The molecule has 1 amide bonds. The van der Waals surface area contributed by atoms with Gasteiger partial charge in [0.2, 0.25) is 5.91 Å². The molecule has 1 aromatic heterocycles. The van der Waals surface area contributed by atoms with E-state index >= 15 is 0 Å². The Bertz CT molecular complexity index is 699. The van der Waals surface area contributed by atoms with Crippen LogP contribution in [0.4, 0.5) is 0 Å². The number of hydrogen-bond donors (Lipinski definition) is 1. The van der Waals surface area contributed by atoms with Gasteiger partial charge in [-0.3, -0.25) is 9.78 Å². The molecule has 4 rings (SSSR count). The van der Waals surface area contributed by atoms with Crippen molar-refractivity contribution in [3.8, 4) is 0 Å². The van der Waals surface area contributed by atoms with E-state index in [9.17, 15) is 4.79 Å². The van der Waals surface area contributed by atoms with Crippen molar-refractivity contribution < 1.29 is 4.79 Å². The van der Waals surface area contributed by atoms with E-state index in [0.717, 1.165) is 44.2 Å². The molecule has 2 heterocycles. The van der Waals surface area contributed by atoms with Crippen molar-refractivity contribution in [3.63, 3.8) is 0 Å². The first kappa shape index (κ1) is 14.6. The highest BCUT2D eigenvalue weighted by atomic mass is 16.2. The molecule has 1 saturated carbocycles. The van der Waals surface area contributed by atoms with Gasteiger partial charge in [-0.1, -0.05) is 18.2 Å². The van der Waals surface area contributed by atoms with Gasteiger partial charge in [0.25, 0.3) is 0 Å². The third-order valence-electron chi connectivity index (χ3n) is 5.03. The number of pyridine rings is 1. The number of fused-ring (bicyclic) bond motifs is 1. The summed E-state index contributed by atoms with van der Waals surface area (Å²) in [5.74, 6) is 0.484. The lowest BCUT2D eigenvalue weighted by molar-refractivity contribution is -0.137. The van der Waals surface area contributed by atoms with E-state index in [0.29, 0.717) is 18.5 Å². The Hall–Kier alpha value is -1.94. The topological polar surface area (TPSA) is 45.2 Å². The summed E-state index contributed by atoms with van der Waals surface area (Å²) in [5, 5.41) is 5.72. The second-order valence-electron chi connectivity index (χ2n) is 6.75. The van der Waals surface area contributed by atoms with E-state index < -0.39 is 0 Å². The lowest BCUT2D eigenvalue weighted by atomic mass is 9.97. The predicted octanol–water partition coefficient (Wildman–Crippen LogP) is 2.73. The molecule has 2 aromatic rings. The number of aromatic nitrogens is 1. The highest BCUT2D eigenvalue weighted by Crippen LogP contribution is 2.32. The van der Waals surface area contributed by atoms with Gasteiger partial charge in [-0.05, 0) is 49.2 Å². The monoisotopic (exact) mass is 309 g/mol. The third kappa shape index (κ3) is 3.08. The zero-order chi connectivity index (χ0) is 15.6. The van der Waals surface area contributed by atoms with Crippen molar-refractivity contribution >= 4 is 16.7 Å². The van der Waals surface area contributed by atoms with Gasteiger partial charge in [0.15, 0.2) is 0 Å². The average Bonchev–Trinajstić information content (AvgIpc) is 3.45. The van der Waals surface area contributed by atoms with Crippen molar-refractivity contribution in [2.24, 2.45) is 5.92 Å². The van der Waals surface area contributed by atoms with Gasteiger partial charge in [-0.2, -0.15) is 0 Å². The quantitative estimate of drug-likeness (QED) is 0.944. The number of benzene rings is 1. The van der Waals surface area contributed by atoms with E-state index in [1.165, 1.54) is 10.9 Å². The zero-order valence-electron chi connectivity index (χ0n) is 13.4.